The van der Waals surface area contributed by atoms with Crippen LogP contribution in [0, 0.1) is 10.1 Å². The van der Waals surface area contributed by atoms with Crippen molar-refractivity contribution >= 4 is 28.8 Å². The fourth-order valence-electron chi connectivity index (χ4n) is 2.94. The molecule has 8 heteroatoms. The van der Waals surface area contributed by atoms with Crippen LogP contribution in [-0.2, 0) is 0 Å². The number of anilines is 2. The van der Waals surface area contributed by atoms with E-state index < -0.39 is 4.92 Å². The number of hydrogen-bond donors (Lipinski definition) is 1. The molecule has 2 heterocycles. The van der Waals surface area contributed by atoms with E-state index in [0.717, 1.165) is 37.4 Å². The van der Waals surface area contributed by atoms with Gasteiger partial charge in [0.05, 0.1) is 17.1 Å². The average molecular weight is 363 g/mol. The van der Waals surface area contributed by atoms with Crippen molar-refractivity contribution in [3.8, 4) is 5.75 Å². The van der Waals surface area contributed by atoms with Crippen molar-refractivity contribution in [2.75, 3.05) is 30.4 Å². The summed E-state index contributed by atoms with van der Waals surface area (Å²) in [6.45, 7) is 1.57. The molecule has 0 saturated carbocycles. The number of rotatable bonds is 5. The van der Waals surface area contributed by atoms with E-state index >= 15 is 0 Å². The Labute approximate surface area is 150 Å². The summed E-state index contributed by atoms with van der Waals surface area (Å²) >= 11 is 6.17. The maximum absolute atomic E-state index is 10.8. The molecule has 1 aromatic carbocycles. The molecule has 0 unspecified atom stereocenters. The number of halogens is 1. The lowest BCUT2D eigenvalue weighted by atomic mass is 10.0. The van der Waals surface area contributed by atoms with Crippen LogP contribution in [0.5, 0.6) is 5.75 Å². The smallest absolute Gasteiger partial charge is 0.289 e. The standard InChI is InChI=1S/C17H19ClN4O3/c1-25-15-4-2-3-13(9-15)20-12-5-7-21(8-6-12)17-16(18)10-14(11-19-17)22(23)24/h2-4,9-12,20H,5-8H2,1H3. The molecular weight excluding hydrogens is 344 g/mol. The predicted molar refractivity (Wildman–Crippen MR) is 97.8 cm³/mol. The van der Waals surface area contributed by atoms with E-state index in [1.807, 2.05) is 24.3 Å². The highest BCUT2D eigenvalue weighted by Crippen LogP contribution is 2.29. The van der Waals surface area contributed by atoms with Gasteiger partial charge in [-0.3, -0.25) is 10.1 Å². The molecule has 25 heavy (non-hydrogen) atoms. The number of pyridine rings is 1. The van der Waals surface area contributed by atoms with Gasteiger partial charge in [-0.05, 0) is 25.0 Å². The zero-order valence-corrected chi connectivity index (χ0v) is 14.6. The van der Waals surface area contributed by atoms with Crippen LogP contribution in [0.2, 0.25) is 5.02 Å². The highest BCUT2D eigenvalue weighted by molar-refractivity contribution is 6.33. The van der Waals surface area contributed by atoms with E-state index in [9.17, 15) is 10.1 Å². The molecule has 132 valence electrons. The van der Waals surface area contributed by atoms with Gasteiger partial charge in [0, 0.05) is 37.0 Å². The molecule has 0 amide bonds. The zero-order chi connectivity index (χ0) is 17.8. The molecule has 0 atom stereocenters. The van der Waals surface area contributed by atoms with E-state index in [1.165, 1.54) is 12.3 Å². The van der Waals surface area contributed by atoms with Crippen LogP contribution < -0.4 is 15.0 Å². The van der Waals surface area contributed by atoms with Crippen molar-refractivity contribution in [1.29, 1.82) is 0 Å². The molecule has 0 radical (unpaired) electrons. The second-order valence-corrected chi connectivity index (χ2v) is 6.30. The molecule has 1 saturated heterocycles. The van der Waals surface area contributed by atoms with Gasteiger partial charge < -0.3 is 15.0 Å². The maximum Gasteiger partial charge on any atom is 0.289 e. The van der Waals surface area contributed by atoms with Crippen LogP contribution in [0.1, 0.15) is 12.8 Å². The fraction of sp³-hybridized carbons (Fsp3) is 0.353. The monoisotopic (exact) mass is 362 g/mol. The largest absolute Gasteiger partial charge is 0.497 e. The summed E-state index contributed by atoms with van der Waals surface area (Å²) in [5, 5.41) is 14.6. The molecule has 3 rings (SSSR count). The van der Waals surface area contributed by atoms with Crippen LogP contribution in [0.25, 0.3) is 0 Å². The summed E-state index contributed by atoms with van der Waals surface area (Å²) in [6.07, 6.45) is 3.10. The fourth-order valence-corrected chi connectivity index (χ4v) is 3.22. The Kier molecular flexibility index (Phi) is 5.23. The second-order valence-electron chi connectivity index (χ2n) is 5.89. The zero-order valence-electron chi connectivity index (χ0n) is 13.8. The molecule has 2 aromatic rings. The number of nitrogens with zero attached hydrogens (tertiary/aromatic N) is 3. The van der Waals surface area contributed by atoms with Gasteiger partial charge in [-0.2, -0.15) is 0 Å². The molecule has 0 bridgehead atoms. The molecular formula is C17H19ClN4O3. The van der Waals surface area contributed by atoms with Crippen molar-refractivity contribution in [2.45, 2.75) is 18.9 Å². The normalized spacial score (nSPS) is 15.0. The number of ether oxygens (including phenoxy) is 1. The van der Waals surface area contributed by atoms with Crippen LogP contribution >= 0.6 is 11.6 Å². The highest BCUT2D eigenvalue weighted by atomic mass is 35.5. The molecule has 7 nitrogen and oxygen atoms in total. The van der Waals surface area contributed by atoms with Crippen LogP contribution in [0.15, 0.2) is 36.5 Å². The van der Waals surface area contributed by atoms with Gasteiger partial charge >= 0.3 is 0 Å². The van der Waals surface area contributed by atoms with Crippen molar-refractivity contribution in [3.05, 3.63) is 51.7 Å². The summed E-state index contributed by atoms with van der Waals surface area (Å²) in [7, 11) is 1.65. The number of piperidine rings is 1. The number of nitro groups is 1. The van der Waals surface area contributed by atoms with Gasteiger partial charge in [0.25, 0.3) is 5.69 Å². The SMILES string of the molecule is COc1cccc(NC2CCN(c3ncc([N+](=O)[O-])cc3Cl)CC2)c1. The van der Waals surface area contributed by atoms with Gasteiger partial charge in [0.15, 0.2) is 0 Å². The van der Waals surface area contributed by atoms with Crippen molar-refractivity contribution in [3.63, 3.8) is 0 Å². The topological polar surface area (TPSA) is 80.5 Å². The molecule has 1 aliphatic rings. The molecule has 1 fully saturated rings. The van der Waals surface area contributed by atoms with Gasteiger partial charge in [-0.1, -0.05) is 17.7 Å². The van der Waals surface area contributed by atoms with Crippen molar-refractivity contribution in [2.24, 2.45) is 0 Å². The molecule has 0 aliphatic carbocycles. The van der Waals surface area contributed by atoms with Gasteiger partial charge in [0.2, 0.25) is 0 Å². The lowest BCUT2D eigenvalue weighted by Crippen LogP contribution is -2.39. The minimum Gasteiger partial charge on any atom is -0.497 e. The average Bonchev–Trinajstić information content (AvgIpc) is 2.62. The Bertz CT molecular complexity index is 763. The van der Waals surface area contributed by atoms with E-state index in [4.69, 9.17) is 16.3 Å². The predicted octanol–water partition coefficient (Wildman–Crippen LogP) is 3.73. The summed E-state index contributed by atoms with van der Waals surface area (Å²) in [4.78, 5) is 16.5. The second kappa shape index (κ2) is 7.57. The van der Waals surface area contributed by atoms with Crippen LogP contribution in [0.4, 0.5) is 17.2 Å². The number of methoxy groups -OCH3 is 1. The third-order valence-electron chi connectivity index (χ3n) is 4.25. The van der Waals surface area contributed by atoms with E-state index in [-0.39, 0.29) is 5.69 Å². The molecule has 1 aliphatic heterocycles. The first-order valence-corrected chi connectivity index (χ1v) is 8.40. The van der Waals surface area contributed by atoms with E-state index in [0.29, 0.717) is 16.9 Å². The molecule has 1 N–H and O–H groups in total. The summed E-state index contributed by atoms with van der Waals surface area (Å²) in [5.74, 6) is 1.43. The van der Waals surface area contributed by atoms with E-state index in [2.05, 4.69) is 15.2 Å². The van der Waals surface area contributed by atoms with Crippen LogP contribution in [0.3, 0.4) is 0 Å². The van der Waals surface area contributed by atoms with Gasteiger partial charge in [-0.15, -0.1) is 0 Å². The summed E-state index contributed by atoms with van der Waals surface area (Å²) in [6, 6.07) is 9.56. The van der Waals surface area contributed by atoms with Crippen molar-refractivity contribution < 1.29 is 9.66 Å². The highest BCUT2D eigenvalue weighted by Gasteiger charge is 2.23. The minimum atomic E-state index is -0.493. The molecule has 1 aromatic heterocycles. The first kappa shape index (κ1) is 17.3. The van der Waals surface area contributed by atoms with Crippen molar-refractivity contribution in [1.82, 2.24) is 4.98 Å². The lowest BCUT2D eigenvalue weighted by molar-refractivity contribution is -0.385. The minimum absolute atomic E-state index is 0.0941. The Morgan fingerprint density at radius 1 is 1.36 bits per heavy atom. The molecule has 0 spiro atoms. The van der Waals surface area contributed by atoms with Gasteiger partial charge in [0.1, 0.15) is 17.8 Å². The Morgan fingerprint density at radius 2 is 2.12 bits per heavy atom. The first-order chi connectivity index (χ1) is 12.1. The lowest BCUT2D eigenvalue weighted by Gasteiger charge is -2.34. The summed E-state index contributed by atoms with van der Waals surface area (Å²) in [5.41, 5.74) is 0.938. The summed E-state index contributed by atoms with van der Waals surface area (Å²) < 4.78 is 5.24. The Morgan fingerprint density at radius 3 is 2.76 bits per heavy atom. The van der Waals surface area contributed by atoms with E-state index in [1.54, 1.807) is 7.11 Å². The Hall–Kier alpha value is -2.54. The number of hydrogen-bond acceptors (Lipinski definition) is 6. The van der Waals surface area contributed by atoms with Gasteiger partial charge in [-0.25, -0.2) is 4.98 Å². The maximum atomic E-state index is 10.8. The Balaban J connectivity index is 1.61. The van der Waals surface area contributed by atoms with Crippen LogP contribution in [-0.4, -0.2) is 36.1 Å². The third-order valence-corrected chi connectivity index (χ3v) is 4.53. The first-order valence-electron chi connectivity index (χ1n) is 8.02. The number of benzene rings is 1. The third kappa shape index (κ3) is 4.11. The quantitative estimate of drug-likeness (QED) is 0.644. The number of nitrogens with one attached hydrogen (secondary N) is 1. The number of aromatic nitrogens is 1.